The Morgan fingerprint density at radius 2 is 1.46 bits per heavy atom. The second-order valence-electron chi connectivity index (χ2n) is 8.02. The Morgan fingerprint density at radius 1 is 0.875 bits per heavy atom. The van der Waals surface area contributed by atoms with Crippen molar-refractivity contribution in [3.63, 3.8) is 0 Å². The predicted molar refractivity (Wildman–Crippen MR) is 92.5 cm³/mol. The smallest absolute Gasteiger partial charge is 0.308 e. The second kappa shape index (κ2) is 9.19. The van der Waals surface area contributed by atoms with Gasteiger partial charge in [-0.05, 0) is 75.5 Å². The van der Waals surface area contributed by atoms with Crippen LogP contribution >= 0.6 is 0 Å². The SMILES string of the molecule is COC(=O)[C@H]1CC[C@H]([C@H]2CC[C@H](CCC3OCCCO3)CC2)CC1. The summed E-state index contributed by atoms with van der Waals surface area (Å²) in [4.78, 5) is 11.7. The fraction of sp³-hybridized carbons (Fsp3) is 0.950. The summed E-state index contributed by atoms with van der Waals surface area (Å²) in [6.45, 7) is 1.73. The Kier molecular flexibility index (Phi) is 6.96. The lowest BCUT2D eigenvalue weighted by Crippen LogP contribution is -2.29. The van der Waals surface area contributed by atoms with E-state index in [0.29, 0.717) is 0 Å². The zero-order valence-corrected chi connectivity index (χ0v) is 15.2. The summed E-state index contributed by atoms with van der Waals surface area (Å²) < 4.78 is 16.2. The fourth-order valence-electron chi connectivity index (χ4n) is 5.02. The first kappa shape index (κ1) is 18.2. The van der Waals surface area contributed by atoms with Crippen molar-refractivity contribution in [3.05, 3.63) is 0 Å². The molecule has 0 spiro atoms. The first-order valence-corrected chi connectivity index (χ1v) is 10.1. The van der Waals surface area contributed by atoms with Crippen LogP contribution in [0.4, 0.5) is 0 Å². The van der Waals surface area contributed by atoms with Gasteiger partial charge in [0.15, 0.2) is 6.29 Å². The Bertz CT molecular complexity index is 375. The van der Waals surface area contributed by atoms with Gasteiger partial charge < -0.3 is 14.2 Å². The number of esters is 1. The summed E-state index contributed by atoms with van der Waals surface area (Å²) in [5.74, 6) is 2.77. The molecule has 1 saturated heterocycles. The van der Waals surface area contributed by atoms with Crippen LogP contribution in [0.3, 0.4) is 0 Å². The van der Waals surface area contributed by atoms with E-state index in [0.717, 1.165) is 56.7 Å². The third kappa shape index (κ3) is 4.95. The van der Waals surface area contributed by atoms with Crippen LogP contribution in [0.1, 0.15) is 70.6 Å². The molecule has 4 heteroatoms. The van der Waals surface area contributed by atoms with Gasteiger partial charge in [0.2, 0.25) is 0 Å². The van der Waals surface area contributed by atoms with Gasteiger partial charge in [-0.25, -0.2) is 0 Å². The number of rotatable bonds is 5. The molecular weight excluding hydrogens is 304 g/mol. The fourth-order valence-corrected chi connectivity index (χ4v) is 5.02. The lowest BCUT2D eigenvalue weighted by atomic mass is 9.68. The minimum absolute atomic E-state index is 0.00399. The molecule has 1 aliphatic heterocycles. The summed E-state index contributed by atoms with van der Waals surface area (Å²) in [5, 5.41) is 0. The maximum atomic E-state index is 11.7. The van der Waals surface area contributed by atoms with Gasteiger partial charge in [-0.1, -0.05) is 12.8 Å². The van der Waals surface area contributed by atoms with E-state index in [1.165, 1.54) is 52.1 Å². The third-order valence-electron chi connectivity index (χ3n) is 6.57. The minimum atomic E-state index is 0.00399. The van der Waals surface area contributed by atoms with E-state index in [9.17, 15) is 4.79 Å². The van der Waals surface area contributed by atoms with Crippen molar-refractivity contribution < 1.29 is 19.0 Å². The maximum Gasteiger partial charge on any atom is 0.308 e. The summed E-state index contributed by atoms with van der Waals surface area (Å²) in [6, 6.07) is 0. The highest BCUT2D eigenvalue weighted by molar-refractivity contribution is 5.72. The van der Waals surface area contributed by atoms with E-state index in [-0.39, 0.29) is 18.2 Å². The molecule has 3 fully saturated rings. The van der Waals surface area contributed by atoms with Crippen molar-refractivity contribution >= 4 is 5.97 Å². The molecule has 2 saturated carbocycles. The van der Waals surface area contributed by atoms with Crippen LogP contribution in [0.5, 0.6) is 0 Å². The van der Waals surface area contributed by atoms with E-state index >= 15 is 0 Å². The molecule has 0 aromatic rings. The Labute approximate surface area is 146 Å². The van der Waals surface area contributed by atoms with E-state index in [1.807, 2.05) is 0 Å². The molecule has 3 rings (SSSR count). The van der Waals surface area contributed by atoms with Crippen molar-refractivity contribution in [2.24, 2.45) is 23.7 Å². The number of hydrogen-bond acceptors (Lipinski definition) is 4. The van der Waals surface area contributed by atoms with Gasteiger partial charge in [-0.3, -0.25) is 4.79 Å². The molecule has 4 nitrogen and oxygen atoms in total. The molecule has 0 aromatic heterocycles. The van der Waals surface area contributed by atoms with Gasteiger partial charge in [0.1, 0.15) is 0 Å². The molecule has 0 aromatic carbocycles. The molecule has 0 unspecified atom stereocenters. The monoisotopic (exact) mass is 338 g/mol. The van der Waals surface area contributed by atoms with Crippen molar-refractivity contribution in [2.75, 3.05) is 20.3 Å². The third-order valence-corrected chi connectivity index (χ3v) is 6.57. The largest absolute Gasteiger partial charge is 0.469 e. The highest BCUT2D eigenvalue weighted by Crippen LogP contribution is 2.42. The van der Waals surface area contributed by atoms with E-state index in [1.54, 1.807) is 0 Å². The lowest BCUT2D eigenvalue weighted by Gasteiger charge is -2.37. The number of hydrogen-bond donors (Lipinski definition) is 0. The zero-order chi connectivity index (χ0) is 16.8. The van der Waals surface area contributed by atoms with E-state index in [2.05, 4.69) is 0 Å². The van der Waals surface area contributed by atoms with Gasteiger partial charge in [-0.15, -0.1) is 0 Å². The van der Waals surface area contributed by atoms with Gasteiger partial charge in [0, 0.05) is 0 Å². The molecule has 0 radical (unpaired) electrons. The molecular formula is C20H34O4. The van der Waals surface area contributed by atoms with Gasteiger partial charge in [-0.2, -0.15) is 0 Å². The van der Waals surface area contributed by atoms with Crippen LogP contribution in [-0.2, 0) is 19.0 Å². The van der Waals surface area contributed by atoms with E-state index < -0.39 is 0 Å². The standard InChI is InChI=1S/C20H34O4/c1-22-20(21)18-10-8-17(9-11-18)16-6-3-15(4-7-16)5-12-19-23-13-2-14-24-19/h15-19H,2-14H2,1H3/t15-,16-,17-,18-. The van der Waals surface area contributed by atoms with Crippen LogP contribution in [0.15, 0.2) is 0 Å². The molecule has 24 heavy (non-hydrogen) atoms. The molecule has 3 aliphatic rings. The average Bonchev–Trinajstić information content (AvgIpc) is 2.67. The van der Waals surface area contributed by atoms with Crippen molar-refractivity contribution in [1.29, 1.82) is 0 Å². The number of carbonyl (C=O) groups excluding carboxylic acids is 1. The second-order valence-corrected chi connectivity index (χ2v) is 8.02. The molecule has 2 aliphatic carbocycles. The van der Waals surface area contributed by atoms with Gasteiger partial charge >= 0.3 is 5.97 Å². The summed E-state index contributed by atoms with van der Waals surface area (Å²) in [5.41, 5.74) is 0. The van der Waals surface area contributed by atoms with Crippen molar-refractivity contribution in [2.45, 2.75) is 76.9 Å². The lowest BCUT2D eigenvalue weighted by molar-refractivity contribution is -0.183. The Balaban J connectivity index is 1.33. The maximum absolute atomic E-state index is 11.7. The van der Waals surface area contributed by atoms with Crippen molar-refractivity contribution in [1.82, 2.24) is 0 Å². The highest BCUT2D eigenvalue weighted by atomic mass is 16.7. The topological polar surface area (TPSA) is 44.8 Å². The molecule has 138 valence electrons. The quantitative estimate of drug-likeness (QED) is 0.701. The average molecular weight is 338 g/mol. The van der Waals surface area contributed by atoms with Crippen LogP contribution < -0.4 is 0 Å². The number of carbonyl (C=O) groups is 1. The molecule has 1 heterocycles. The minimum Gasteiger partial charge on any atom is -0.469 e. The molecule has 0 atom stereocenters. The normalized spacial score (nSPS) is 35.5. The first-order chi connectivity index (χ1) is 11.8. The summed E-state index contributed by atoms with van der Waals surface area (Å²) in [6.07, 6.45) is 13.4. The molecule has 0 bridgehead atoms. The van der Waals surface area contributed by atoms with Crippen LogP contribution in [-0.4, -0.2) is 32.6 Å². The predicted octanol–water partition coefficient (Wildman–Crippen LogP) is 4.32. The first-order valence-electron chi connectivity index (χ1n) is 10.1. The van der Waals surface area contributed by atoms with Crippen LogP contribution in [0.2, 0.25) is 0 Å². The van der Waals surface area contributed by atoms with Crippen LogP contribution in [0, 0.1) is 23.7 Å². The Morgan fingerprint density at radius 3 is 2.04 bits per heavy atom. The number of methoxy groups -OCH3 is 1. The summed E-state index contributed by atoms with van der Waals surface area (Å²) >= 11 is 0. The molecule has 0 N–H and O–H groups in total. The Hall–Kier alpha value is -0.610. The van der Waals surface area contributed by atoms with Gasteiger partial charge in [0.25, 0.3) is 0 Å². The molecule has 0 amide bonds. The van der Waals surface area contributed by atoms with E-state index in [4.69, 9.17) is 14.2 Å². The highest BCUT2D eigenvalue weighted by Gasteiger charge is 2.33. The van der Waals surface area contributed by atoms with Gasteiger partial charge in [0.05, 0.1) is 26.2 Å². The van der Waals surface area contributed by atoms with Crippen LogP contribution in [0.25, 0.3) is 0 Å². The summed E-state index contributed by atoms with van der Waals surface area (Å²) in [7, 11) is 1.51. The zero-order valence-electron chi connectivity index (χ0n) is 15.2. The number of ether oxygens (including phenoxy) is 3. The van der Waals surface area contributed by atoms with Crippen molar-refractivity contribution in [3.8, 4) is 0 Å².